The van der Waals surface area contributed by atoms with Crippen LogP contribution in [-0.2, 0) is 0 Å². The van der Waals surface area contributed by atoms with E-state index in [1.54, 1.807) is 0 Å². The predicted octanol–water partition coefficient (Wildman–Crippen LogP) is 4.90. The van der Waals surface area contributed by atoms with Gasteiger partial charge in [-0.1, -0.05) is 26.0 Å². The second-order valence-electron chi connectivity index (χ2n) is 4.98. The van der Waals surface area contributed by atoms with E-state index in [0.717, 1.165) is 11.8 Å². The molecule has 110 valence electrons. The van der Waals surface area contributed by atoms with Crippen molar-refractivity contribution in [2.24, 2.45) is 0 Å². The monoisotopic (exact) mass is 306 g/mol. The fraction of sp³-hybridized carbons (Fsp3) is 0.188. The second kappa shape index (κ2) is 6.63. The first-order valence-electron chi connectivity index (χ1n) is 6.58. The molecule has 2 nitrogen and oxygen atoms in total. The van der Waals surface area contributed by atoms with Crippen LogP contribution in [0, 0.1) is 11.6 Å². The summed E-state index contributed by atoms with van der Waals surface area (Å²) < 4.78 is 26.4. The van der Waals surface area contributed by atoms with E-state index in [-0.39, 0.29) is 10.8 Å². The Kier molecular flexibility index (Phi) is 4.85. The zero-order valence-corrected chi connectivity index (χ0v) is 12.6. The fourth-order valence-corrected chi connectivity index (χ4v) is 2.08. The Balaban J connectivity index is 2.06. The van der Waals surface area contributed by atoms with Crippen LogP contribution in [0.5, 0.6) is 0 Å². The van der Waals surface area contributed by atoms with Crippen molar-refractivity contribution in [3.8, 4) is 0 Å². The molecule has 5 heteroatoms. The van der Waals surface area contributed by atoms with Gasteiger partial charge < -0.3 is 10.6 Å². The highest BCUT2D eigenvalue weighted by atomic mass is 32.1. The largest absolute Gasteiger partial charge is 0.332 e. The number of hydrogen-bond donors (Lipinski definition) is 2. The summed E-state index contributed by atoms with van der Waals surface area (Å²) in [5.74, 6) is -0.903. The van der Waals surface area contributed by atoms with Crippen LogP contribution in [0.2, 0.25) is 0 Å². The van der Waals surface area contributed by atoms with E-state index in [1.807, 2.05) is 24.3 Å². The van der Waals surface area contributed by atoms with Crippen LogP contribution in [0.3, 0.4) is 0 Å². The van der Waals surface area contributed by atoms with Crippen molar-refractivity contribution in [2.75, 3.05) is 10.6 Å². The summed E-state index contributed by atoms with van der Waals surface area (Å²) in [5, 5.41) is 5.95. The maximum absolute atomic E-state index is 13.5. The van der Waals surface area contributed by atoms with Gasteiger partial charge in [-0.3, -0.25) is 0 Å². The van der Waals surface area contributed by atoms with Crippen LogP contribution in [0.1, 0.15) is 25.3 Å². The van der Waals surface area contributed by atoms with Gasteiger partial charge >= 0.3 is 0 Å². The summed E-state index contributed by atoms with van der Waals surface area (Å²) >= 11 is 5.14. The van der Waals surface area contributed by atoms with Crippen LogP contribution < -0.4 is 10.6 Å². The Bertz CT molecular complexity index is 656. The molecule has 0 saturated heterocycles. The molecule has 0 saturated carbocycles. The summed E-state index contributed by atoms with van der Waals surface area (Å²) in [6.07, 6.45) is 0. The number of hydrogen-bond acceptors (Lipinski definition) is 1. The lowest BCUT2D eigenvalue weighted by Gasteiger charge is -2.13. The Morgan fingerprint density at radius 2 is 1.81 bits per heavy atom. The summed E-state index contributed by atoms with van der Waals surface area (Å²) in [5.41, 5.74) is 2.13. The van der Waals surface area contributed by atoms with Gasteiger partial charge in [0.2, 0.25) is 0 Å². The minimum atomic E-state index is -0.685. The molecule has 0 bridgehead atoms. The highest BCUT2D eigenvalue weighted by molar-refractivity contribution is 7.80. The standard InChI is InChI=1S/C16H16F2N2S/c1-10(2)11-4-3-5-13(8-11)19-16(21)20-15-7-6-12(17)9-14(15)18/h3-10H,1-2H3,(H2,19,20,21). The van der Waals surface area contributed by atoms with E-state index in [4.69, 9.17) is 12.2 Å². The zero-order chi connectivity index (χ0) is 15.4. The summed E-state index contributed by atoms with van der Waals surface area (Å²) in [6.45, 7) is 4.20. The minimum absolute atomic E-state index is 0.133. The molecule has 0 aliphatic carbocycles. The molecule has 0 radical (unpaired) electrons. The third-order valence-electron chi connectivity index (χ3n) is 2.99. The lowest BCUT2D eigenvalue weighted by Crippen LogP contribution is -2.19. The Morgan fingerprint density at radius 1 is 1.05 bits per heavy atom. The minimum Gasteiger partial charge on any atom is -0.332 e. The first kappa shape index (κ1) is 15.4. The molecule has 0 spiro atoms. The van der Waals surface area contributed by atoms with Gasteiger partial charge in [0.25, 0.3) is 0 Å². The molecule has 2 rings (SSSR count). The normalized spacial score (nSPS) is 10.5. The molecular weight excluding hydrogens is 290 g/mol. The van der Waals surface area contributed by atoms with Crippen molar-refractivity contribution in [3.05, 3.63) is 59.7 Å². The molecule has 0 fully saturated rings. The quantitative estimate of drug-likeness (QED) is 0.789. The van der Waals surface area contributed by atoms with Gasteiger partial charge in [-0.05, 0) is 48.0 Å². The van der Waals surface area contributed by atoms with Crippen molar-refractivity contribution in [1.29, 1.82) is 0 Å². The van der Waals surface area contributed by atoms with E-state index in [0.29, 0.717) is 5.92 Å². The van der Waals surface area contributed by atoms with Gasteiger partial charge in [0.15, 0.2) is 5.11 Å². The fourth-order valence-electron chi connectivity index (χ4n) is 1.85. The van der Waals surface area contributed by atoms with E-state index in [2.05, 4.69) is 24.5 Å². The van der Waals surface area contributed by atoms with Crippen LogP contribution in [0.15, 0.2) is 42.5 Å². The lowest BCUT2D eigenvalue weighted by molar-refractivity contribution is 0.586. The third kappa shape index (κ3) is 4.23. The van der Waals surface area contributed by atoms with Crippen molar-refractivity contribution in [2.45, 2.75) is 19.8 Å². The van der Waals surface area contributed by atoms with Gasteiger partial charge in [0.05, 0.1) is 5.69 Å². The van der Waals surface area contributed by atoms with E-state index in [1.165, 1.54) is 17.7 Å². The van der Waals surface area contributed by atoms with Crippen LogP contribution >= 0.6 is 12.2 Å². The zero-order valence-electron chi connectivity index (χ0n) is 11.8. The summed E-state index contributed by atoms with van der Waals surface area (Å²) in [6, 6.07) is 11.1. The maximum Gasteiger partial charge on any atom is 0.175 e. The van der Waals surface area contributed by atoms with E-state index in [9.17, 15) is 8.78 Å². The summed E-state index contributed by atoms with van der Waals surface area (Å²) in [4.78, 5) is 0. The maximum atomic E-state index is 13.5. The molecule has 0 aromatic heterocycles. The van der Waals surface area contributed by atoms with Gasteiger partial charge in [-0.25, -0.2) is 8.78 Å². The molecule has 2 N–H and O–H groups in total. The van der Waals surface area contributed by atoms with E-state index < -0.39 is 11.6 Å². The van der Waals surface area contributed by atoms with E-state index >= 15 is 0 Å². The SMILES string of the molecule is CC(C)c1cccc(NC(=S)Nc2ccc(F)cc2F)c1. The first-order chi connectivity index (χ1) is 9.95. The second-order valence-corrected chi connectivity index (χ2v) is 5.39. The highest BCUT2D eigenvalue weighted by Crippen LogP contribution is 2.19. The van der Waals surface area contributed by atoms with Crippen LogP contribution in [0.25, 0.3) is 0 Å². The number of halogens is 2. The molecule has 2 aromatic rings. The first-order valence-corrected chi connectivity index (χ1v) is 6.99. The predicted molar refractivity (Wildman–Crippen MR) is 86.7 cm³/mol. The molecule has 21 heavy (non-hydrogen) atoms. The summed E-state index contributed by atoms with van der Waals surface area (Å²) in [7, 11) is 0. The molecular formula is C16H16F2N2S. The number of anilines is 2. The molecule has 0 heterocycles. The topological polar surface area (TPSA) is 24.1 Å². The van der Waals surface area contributed by atoms with Crippen molar-refractivity contribution in [3.63, 3.8) is 0 Å². The van der Waals surface area contributed by atoms with Gasteiger partial charge in [-0.15, -0.1) is 0 Å². The molecule has 2 aromatic carbocycles. The lowest BCUT2D eigenvalue weighted by atomic mass is 10.0. The van der Waals surface area contributed by atoms with Gasteiger partial charge in [-0.2, -0.15) is 0 Å². The number of rotatable bonds is 3. The Morgan fingerprint density at radius 3 is 2.48 bits per heavy atom. The third-order valence-corrected chi connectivity index (χ3v) is 3.19. The smallest absolute Gasteiger partial charge is 0.175 e. The van der Waals surface area contributed by atoms with Crippen molar-refractivity contribution < 1.29 is 8.78 Å². The molecule has 0 unspecified atom stereocenters. The molecule has 0 amide bonds. The van der Waals surface area contributed by atoms with Gasteiger partial charge in [0.1, 0.15) is 11.6 Å². The average molecular weight is 306 g/mol. The Hall–Kier alpha value is -2.01. The molecule has 0 aliphatic heterocycles. The van der Waals surface area contributed by atoms with Crippen LogP contribution in [-0.4, -0.2) is 5.11 Å². The molecule has 0 aliphatic rings. The van der Waals surface area contributed by atoms with Crippen LogP contribution in [0.4, 0.5) is 20.2 Å². The van der Waals surface area contributed by atoms with Gasteiger partial charge in [0, 0.05) is 11.8 Å². The van der Waals surface area contributed by atoms with Crippen molar-refractivity contribution in [1.82, 2.24) is 0 Å². The number of benzene rings is 2. The Labute approximate surface area is 128 Å². The number of thiocarbonyl (C=S) groups is 1. The molecule has 0 atom stereocenters. The average Bonchev–Trinajstić information content (AvgIpc) is 2.42. The number of nitrogens with one attached hydrogen (secondary N) is 2. The van der Waals surface area contributed by atoms with Crippen molar-refractivity contribution >= 4 is 28.7 Å². The highest BCUT2D eigenvalue weighted by Gasteiger charge is 2.06.